The fraction of sp³-hybridized carbons (Fsp3) is 0.417. The first kappa shape index (κ1) is 13.6. The number of para-hydroxylation sites is 1. The van der Waals surface area contributed by atoms with Crippen molar-refractivity contribution < 1.29 is 8.78 Å². The Balaban J connectivity index is 2.09. The van der Waals surface area contributed by atoms with Crippen molar-refractivity contribution in [1.82, 2.24) is 9.88 Å². The Bertz CT molecular complexity index is 471. The molecule has 0 spiro atoms. The quantitative estimate of drug-likeness (QED) is 0.756. The number of halogens is 3. The van der Waals surface area contributed by atoms with E-state index in [2.05, 4.69) is 4.98 Å². The highest BCUT2D eigenvalue weighted by Crippen LogP contribution is 2.22. The van der Waals surface area contributed by atoms with E-state index in [-0.39, 0.29) is 6.54 Å². The molecule has 0 saturated heterocycles. The van der Waals surface area contributed by atoms with Gasteiger partial charge in [0.2, 0.25) is 0 Å². The molecular formula is C12H13ClF2N2S. The average molecular weight is 291 g/mol. The molecule has 1 aromatic heterocycles. The predicted octanol–water partition coefficient (Wildman–Crippen LogP) is 3.60. The second-order valence-electron chi connectivity index (χ2n) is 3.89. The van der Waals surface area contributed by atoms with Crippen molar-refractivity contribution in [2.75, 3.05) is 19.0 Å². The number of hydrogen-bond acceptors (Lipinski definition) is 3. The standard InChI is InChI=1S/C12H13ClF2N2S/c13-5-6-17(7-11(14)15)8-12-16-9-3-1-2-4-10(9)18-12/h1-4,11H,5-8H2. The lowest BCUT2D eigenvalue weighted by atomic mass is 10.3. The summed E-state index contributed by atoms with van der Waals surface area (Å²) < 4.78 is 25.9. The minimum Gasteiger partial charge on any atom is -0.290 e. The third-order valence-corrected chi connectivity index (χ3v) is 3.68. The van der Waals surface area contributed by atoms with Gasteiger partial charge in [0.15, 0.2) is 0 Å². The van der Waals surface area contributed by atoms with Gasteiger partial charge in [-0.2, -0.15) is 0 Å². The number of thiazole rings is 1. The number of aromatic nitrogens is 1. The van der Waals surface area contributed by atoms with Crippen LogP contribution >= 0.6 is 22.9 Å². The van der Waals surface area contributed by atoms with E-state index in [4.69, 9.17) is 11.6 Å². The summed E-state index contributed by atoms with van der Waals surface area (Å²) in [5.41, 5.74) is 0.917. The molecule has 98 valence electrons. The molecule has 0 aliphatic heterocycles. The number of benzene rings is 1. The summed E-state index contributed by atoms with van der Waals surface area (Å²) in [6.45, 7) is 0.612. The molecule has 6 heteroatoms. The highest BCUT2D eigenvalue weighted by molar-refractivity contribution is 7.18. The summed E-state index contributed by atoms with van der Waals surface area (Å²) in [5, 5.41) is 0.849. The van der Waals surface area contributed by atoms with Gasteiger partial charge in [0.25, 0.3) is 6.43 Å². The Labute approximate surface area is 113 Å². The molecule has 0 bridgehead atoms. The first-order chi connectivity index (χ1) is 8.69. The van der Waals surface area contributed by atoms with Crippen LogP contribution in [-0.4, -0.2) is 35.3 Å². The van der Waals surface area contributed by atoms with E-state index in [0.717, 1.165) is 15.2 Å². The Kier molecular flexibility index (Phi) is 4.86. The lowest BCUT2D eigenvalue weighted by Gasteiger charge is -2.18. The van der Waals surface area contributed by atoms with Crippen molar-refractivity contribution in [2.24, 2.45) is 0 Å². The van der Waals surface area contributed by atoms with Gasteiger partial charge in [-0.05, 0) is 12.1 Å². The number of fused-ring (bicyclic) bond motifs is 1. The zero-order chi connectivity index (χ0) is 13.0. The molecule has 1 aromatic carbocycles. The van der Waals surface area contributed by atoms with Crippen LogP contribution < -0.4 is 0 Å². The minimum atomic E-state index is -2.34. The van der Waals surface area contributed by atoms with Crippen molar-refractivity contribution in [3.05, 3.63) is 29.3 Å². The molecule has 0 aliphatic carbocycles. The monoisotopic (exact) mass is 290 g/mol. The predicted molar refractivity (Wildman–Crippen MR) is 71.6 cm³/mol. The van der Waals surface area contributed by atoms with E-state index >= 15 is 0 Å². The van der Waals surface area contributed by atoms with Gasteiger partial charge in [0.05, 0.1) is 23.3 Å². The molecule has 18 heavy (non-hydrogen) atoms. The normalized spacial score (nSPS) is 11.8. The fourth-order valence-electron chi connectivity index (χ4n) is 1.73. The first-order valence-corrected chi connectivity index (χ1v) is 6.95. The molecule has 2 aromatic rings. The summed E-state index contributed by atoms with van der Waals surface area (Å²) in [5.74, 6) is 0.345. The number of alkyl halides is 3. The summed E-state index contributed by atoms with van der Waals surface area (Å²) in [7, 11) is 0. The van der Waals surface area contributed by atoms with Crippen LogP contribution in [0.5, 0.6) is 0 Å². The third kappa shape index (κ3) is 3.60. The van der Waals surface area contributed by atoms with E-state index in [1.807, 2.05) is 24.3 Å². The van der Waals surface area contributed by atoms with Crippen molar-refractivity contribution >= 4 is 33.2 Å². The zero-order valence-electron chi connectivity index (χ0n) is 9.65. The topological polar surface area (TPSA) is 16.1 Å². The van der Waals surface area contributed by atoms with Crippen LogP contribution in [0.4, 0.5) is 8.78 Å². The van der Waals surface area contributed by atoms with Gasteiger partial charge in [0, 0.05) is 12.4 Å². The Hall–Kier alpha value is -0.780. The number of hydrogen-bond donors (Lipinski definition) is 0. The summed E-state index contributed by atoms with van der Waals surface area (Å²) in [6.07, 6.45) is -2.34. The van der Waals surface area contributed by atoms with Crippen LogP contribution in [0, 0.1) is 0 Å². The van der Waals surface area contributed by atoms with Gasteiger partial charge in [-0.15, -0.1) is 22.9 Å². The van der Waals surface area contributed by atoms with Crippen LogP contribution in [0.25, 0.3) is 10.2 Å². The van der Waals surface area contributed by atoms with Gasteiger partial charge in [-0.1, -0.05) is 12.1 Å². The second-order valence-corrected chi connectivity index (χ2v) is 5.38. The minimum absolute atomic E-state index is 0.261. The summed E-state index contributed by atoms with van der Waals surface area (Å²) in [6, 6.07) is 7.77. The zero-order valence-corrected chi connectivity index (χ0v) is 11.2. The highest BCUT2D eigenvalue weighted by Gasteiger charge is 2.14. The SMILES string of the molecule is FC(F)CN(CCCl)Cc1nc2ccccc2s1. The van der Waals surface area contributed by atoms with E-state index in [0.29, 0.717) is 19.0 Å². The Morgan fingerprint density at radius 1 is 1.33 bits per heavy atom. The molecule has 1 heterocycles. The molecule has 0 unspecified atom stereocenters. The van der Waals surface area contributed by atoms with E-state index in [9.17, 15) is 8.78 Å². The van der Waals surface area contributed by atoms with Gasteiger partial charge in [0.1, 0.15) is 5.01 Å². The van der Waals surface area contributed by atoms with Crippen LogP contribution in [0.3, 0.4) is 0 Å². The molecule has 0 saturated carbocycles. The largest absolute Gasteiger partial charge is 0.290 e. The molecule has 0 radical (unpaired) electrons. The van der Waals surface area contributed by atoms with Gasteiger partial charge >= 0.3 is 0 Å². The van der Waals surface area contributed by atoms with Gasteiger partial charge in [-0.3, -0.25) is 4.90 Å². The second kappa shape index (κ2) is 6.41. The first-order valence-electron chi connectivity index (χ1n) is 5.60. The lowest BCUT2D eigenvalue weighted by molar-refractivity contribution is 0.0878. The van der Waals surface area contributed by atoms with Crippen LogP contribution in [0.1, 0.15) is 5.01 Å². The maximum absolute atomic E-state index is 12.4. The van der Waals surface area contributed by atoms with E-state index in [1.54, 1.807) is 4.90 Å². The maximum Gasteiger partial charge on any atom is 0.251 e. The molecule has 2 rings (SSSR count). The van der Waals surface area contributed by atoms with Gasteiger partial charge in [-0.25, -0.2) is 13.8 Å². The Morgan fingerprint density at radius 3 is 2.78 bits per heavy atom. The highest BCUT2D eigenvalue weighted by atomic mass is 35.5. The summed E-state index contributed by atoms with van der Waals surface area (Å²) >= 11 is 7.16. The van der Waals surface area contributed by atoms with Crippen LogP contribution in [-0.2, 0) is 6.54 Å². The van der Waals surface area contributed by atoms with Gasteiger partial charge < -0.3 is 0 Å². The van der Waals surface area contributed by atoms with Crippen molar-refractivity contribution in [2.45, 2.75) is 13.0 Å². The van der Waals surface area contributed by atoms with Crippen molar-refractivity contribution in [3.8, 4) is 0 Å². The fourth-order valence-corrected chi connectivity index (χ4v) is 2.98. The maximum atomic E-state index is 12.4. The molecule has 0 amide bonds. The van der Waals surface area contributed by atoms with E-state index < -0.39 is 6.43 Å². The molecule has 0 atom stereocenters. The molecular weight excluding hydrogens is 278 g/mol. The molecule has 0 fully saturated rings. The summed E-state index contributed by atoms with van der Waals surface area (Å²) in [4.78, 5) is 6.07. The smallest absolute Gasteiger partial charge is 0.251 e. The molecule has 0 aliphatic rings. The molecule has 2 nitrogen and oxygen atoms in total. The third-order valence-electron chi connectivity index (χ3n) is 2.49. The lowest BCUT2D eigenvalue weighted by Crippen LogP contribution is -2.30. The van der Waals surface area contributed by atoms with E-state index in [1.165, 1.54) is 11.3 Å². The van der Waals surface area contributed by atoms with Crippen LogP contribution in [0.15, 0.2) is 24.3 Å². The molecule has 0 N–H and O–H groups in total. The van der Waals surface area contributed by atoms with Crippen molar-refractivity contribution in [1.29, 1.82) is 0 Å². The number of rotatable bonds is 6. The average Bonchev–Trinajstić information content (AvgIpc) is 2.70. The van der Waals surface area contributed by atoms with Crippen LogP contribution in [0.2, 0.25) is 0 Å². The Morgan fingerprint density at radius 2 is 2.11 bits per heavy atom. The van der Waals surface area contributed by atoms with Crippen molar-refractivity contribution in [3.63, 3.8) is 0 Å². The number of nitrogens with zero attached hydrogens (tertiary/aromatic N) is 2.